The molecule has 2 aliphatic rings. The number of ether oxygens (including phenoxy) is 2. The summed E-state index contributed by atoms with van der Waals surface area (Å²) in [7, 11) is 0. The van der Waals surface area contributed by atoms with Crippen LogP contribution in [0.15, 0.2) is 54.6 Å². The SMILES string of the molecule is CCOC1CC(c2ccccc2)OC2(CCN(C(=O)c3ccc(C(C)(C)O)cc3)CC2)C1. The standard InChI is InChI=1S/C27H35NO4/c1-4-31-23-18-24(20-8-6-5-7-9-20)32-27(19-23)14-16-28(17-15-27)25(29)21-10-12-22(13-11-21)26(2,3)30/h5-13,23-24,30H,4,14-19H2,1-3H3. The lowest BCUT2D eigenvalue weighted by Crippen LogP contribution is -2.52. The molecular formula is C27H35NO4. The largest absolute Gasteiger partial charge is 0.386 e. The van der Waals surface area contributed by atoms with E-state index in [1.54, 1.807) is 13.8 Å². The summed E-state index contributed by atoms with van der Waals surface area (Å²) in [6, 6.07) is 17.7. The second-order valence-corrected chi connectivity index (χ2v) is 9.65. The Morgan fingerprint density at radius 2 is 1.78 bits per heavy atom. The van der Waals surface area contributed by atoms with Crippen molar-refractivity contribution in [3.8, 4) is 0 Å². The Bertz CT molecular complexity index is 896. The summed E-state index contributed by atoms with van der Waals surface area (Å²) in [5, 5.41) is 10.2. The molecule has 1 amide bonds. The molecule has 1 spiro atoms. The van der Waals surface area contributed by atoms with Gasteiger partial charge in [-0.25, -0.2) is 0 Å². The van der Waals surface area contributed by atoms with Gasteiger partial charge in [-0.05, 0) is 56.9 Å². The number of nitrogens with zero attached hydrogens (tertiary/aromatic N) is 1. The highest BCUT2D eigenvalue weighted by molar-refractivity contribution is 5.94. The van der Waals surface area contributed by atoms with Gasteiger partial charge in [-0.1, -0.05) is 42.5 Å². The minimum atomic E-state index is -0.913. The van der Waals surface area contributed by atoms with Crippen molar-refractivity contribution in [2.45, 2.75) is 69.9 Å². The Balaban J connectivity index is 1.44. The summed E-state index contributed by atoms with van der Waals surface area (Å²) in [6.07, 6.45) is 3.58. The van der Waals surface area contributed by atoms with Crippen molar-refractivity contribution in [2.75, 3.05) is 19.7 Å². The highest BCUT2D eigenvalue weighted by Crippen LogP contribution is 2.44. The average Bonchev–Trinajstić information content (AvgIpc) is 2.79. The predicted molar refractivity (Wildman–Crippen MR) is 124 cm³/mol. The smallest absolute Gasteiger partial charge is 0.253 e. The van der Waals surface area contributed by atoms with E-state index in [-0.39, 0.29) is 23.7 Å². The van der Waals surface area contributed by atoms with Crippen LogP contribution < -0.4 is 0 Å². The Morgan fingerprint density at radius 3 is 2.38 bits per heavy atom. The first kappa shape index (κ1) is 23.0. The second kappa shape index (κ2) is 9.34. The molecule has 4 rings (SSSR count). The van der Waals surface area contributed by atoms with Crippen LogP contribution in [0, 0.1) is 0 Å². The van der Waals surface area contributed by atoms with Crippen molar-refractivity contribution in [1.82, 2.24) is 4.90 Å². The molecule has 32 heavy (non-hydrogen) atoms. The number of aliphatic hydroxyl groups is 1. The molecule has 2 saturated heterocycles. The molecule has 2 atom stereocenters. The van der Waals surface area contributed by atoms with Crippen LogP contribution in [0.5, 0.6) is 0 Å². The number of benzene rings is 2. The van der Waals surface area contributed by atoms with Gasteiger partial charge in [0.1, 0.15) is 0 Å². The molecular weight excluding hydrogens is 402 g/mol. The molecule has 5 nitrogen and oxygen atoms in total. The predicted octanol–water partition coefficient (Wildman–Crippen LogP) is 4.85. The highest BCUT2D eigenvalue weighted by Gasteiger charge is 2.45. The van der Waals surface area contributed by atoms with Gasteiger partial charge in [-0.3, -0.25) is 4.79 Å². The molecule has 0 radical (unpaired) electrons. The zero-order valence-corrected chi connectivity index (χ0v) is 19.4. The van der Waals surface area contributed by atoms with Gasteiger partial charge in [-0.15, -0.1) is 0 Å². The van der Waals surface area contributed by atoms with Crippen molar-refractivity contribution in [1.29, 1.82) is 0 Å². The van der Waals surface area contributed by atoms with Gasteiger partial charge < -0.3 is 19.5 Å². The summed E-state index contributed by atoms with van der Waals surface area (Å²) in [5.41, 5.74) is 1.50. The zero-order chi connectivity index (χ0) is 22.8. The van der Waals surface area contributed by atoms with Crippen molar-refractivity contribution < 1.29 is 19.4 Å². The van der Waals surface area contributed by atoms with Crippen molar-refractivity contribution in [3.05, 3.63) is 71.3 Å². The quantitative estimate of drug-likeness (QED) is 0.727. The highest BCUT2D eigenvalue weighted by atomic mass is 16.5. The van der Waals surface area contributed by atoms with E-state index in [1.165, 1.54) is 5.56 Å². The Morgan fingerprint density at radius 1 is 1.12 bits per heavy atom. The van der Waals surface area contributed by atoms with Gasteiger partial charge >= 0.3 is 0 Å². The van der Waals surface area contributed by atoms with Gasteiger partial charge in [0.25, 0.3) is 5.91 Å². The fraction of sp³-hybridized carbons (Fsp3) is 0.519. The normalized spacial score (nSPS) is 23.3. The zero-order valence-electron chi connectivity index (χ0n) is 19.4. The van der Waals surface area contributed by atoms with Crippen molar-refractivity contribution in [3.63, 3.8) is 0 Å². The molecule has 2 heterocycles. The van der Waals surface area contributed by atoms with Crippen LogP contribution in [-0.4, -0.2) is 47.3 Å². The van der Waals surface area contributed by atoms with Crippen molar-refractivity contribution >= 4 is 5.91 Å². The van der Waals surface area contributed by atoms with E-state index in [0.717, 1.165) is 31.2 Å². The molecule has 2 aliphatic heterocycles. The number of rotatable bonds is 5. The van der Waals surface area contributed by atoms with Crippen LogP contribution in [-0.2, 0) is 15.1 Å². The first-order chi connectivity index (χ1) is 15.3. The fourth-order valence-corrected chi connectivity index (χ4v) is 5.01. The van der Waals surface area contributed by atoms with Crippen LogP contribution in [0.2, 0.25) is 0 Å². The summed E-state index contributed by atoms with van der Waals surface area (Å²) < 4.78 is 12.8. The number of amides is 1. The third-order valence-electron chi connectivity index (χ3n) is 6.84. The third kappa shape index (κ3) is 5.06. The van der Waals surface area contributed by atoms with Crippen LogP contribution in [0.1, 0.15) is 74.0 Å². The average molecular weight is 438 g/mol. The topological polar surface area (TPSA) is 59.0 Å². The molecule has 2 aromatic carbocycles. The molecule has 2 unspecified atom stereocenters. The van der Waals surface area contributed by atoms with Crippen LogP contribution in [0.4, 0.5) is 0 Å². The Kier molecular flexibility index (Phi) is 6.70. The second-order valence-electron chi connectivity index (χ2n) is 9.65. The number of hydrogen-bond acceptors (Lipinski definition) is 4. The van der Waals surface area contributed by atoms with E-state index in [0.29, 0.717) is 25.3 Å². The van der Waals surface area contributed by atoms with E-state index in [4.69, 9.17) is 9.47 Å². The number of hydrogen-bond donors (Lipinski definition) is 1. The fourth-order valence-electron chi connectivity index (χ4n) is 5.01. The van der Waals surface area contributed by atoms with Gasteiger partial charge in [0, 0.05) is 38.1 Å². The first-order valence-electron chi connectivity index (χ1n) is 11.8. The number of carbonyl (C=O) groups is 1. The van der Waals surface area contributed by atoms with Crippen LogP contribution in [0.25, 0.3) is 0 Å². The lowest BCUT2D eigenvalue weighted by molar-refractivity contribution is -0.190. The lowest BCUT2D eigenvalue weighted by atomic mass is 9.80. The third-order valence-corrected chi connectivity index (χ3v) is 6.84. The maximum Gasteiger partial charge on any atom is 0.253 e. The summed E-state index contributed by atoms with van der Waals surface area (Å²) >= 11 is 0. The van der Waals surface area contributed by atoms with E-state index >= 15 is 0 Å². The molecule has 1 N–H and O–H groups in total. The number of likely N-dealkylation sites (tertiary alicyclic amines) is 1. The van der Waals surface area contributed by atoms with Crippen LogP contribution >= 0.6 is 0 Å². The minimum Gasteiger partial charge on any atom is -0.386 e. The molecule has 0 aromatic heterocycles. The van der Waals surface area contributed by atoms with E-state index in [9.17, 15) is 9.90 Å². The molecule has 2 aromatic rings. The van der Waals surface area contributed by atoms with Crippen LogP contribution in [0.3, 0.4) is 0 Å². The maximum atomic E-state index is 13.1. The Hall–Kier alpha value is -2.21. The van der Waals surface area contributed by atoms with E-state index < -0.39 is 5.60 Å². The number of carbonyl (C=O) groups excluding carboxylic acids is 1. The van der Waals surface area contributed by atoms with E-state index in [2.05, 4.69) is 24.3 Å². The summed E-state index contributed by atoms with van der Waals surface area (Å²) in [6.45, 7) is 7.59. The summed E-state index contributed by atoms with van der Waals surface area (Å²) in [5.74, 6) is 0.0407. The molecule has 0 saturated carbocycles. The molecule has 172 valence electrons. The first-order valence-corrected chi connectivity index (χ1v) is 11.8. The van der Waals surface area contributed by atoms with Gasteiger partial charge in [0.2, 0.25) is 0 Å². The minimum absolute atomic E-state index is 0.0260. The van der Waals surface area contributed by atoms with Crippen molar-refractivity contribution in [2.24, 2.45) is 0 Å². The molecule has 5 heteroatoms. The molecule has 0 bridgehead atoms. The maximum absolute atomic E-state index is 13.1. The van der Waals surface area contributed by atoms with Gasteiger partial charge in [0.15, 0.2) is 0 Å². The lowest BCUT2D eigenvalue weighted by Gasteiger charge is -2.48. The summed E-state index contributed by atoms with van der Waals surface area (Å²) in [4.78, 5) is 15.0. The monoisotopic (exact) mass is 437 g/mol. The molecule has 2 fully saturated rings. The van der Waals surface area contributed by atoms with Gasteiger partial charge in [0.05, 0.1) is 23.4 Å². The van der Waals surface area contributed by atoms with E-state index in [1.807, 2.05) is 42.2 Å². The Labute approximate surface area is 191 Å². The van der Waals surface area contributed by atoms with Gasteiger partial charge in [-0.2, -0.15) is 0 Å². The number of piperidine rings is 1. The molecule has 0 aliphatic carbocycles.